The lowest BCUT2D eigenvalue weighted by molar-refractivity contribution is -0.133. The molecule has 5 nitrogen and oxygen atoms in total. The molecule has 134 valence electrons. The molecule has 1 aliphatic heterocycles. The zero-order chi connectivity index (χ0) is 17.9. The van der Waals surface area contributed by atoms with Crippen molar-refractivity contribution in [1.82, 2.24) is 19.4 Å². The first-order valence-corrected chi connectivity index (χ1v) is 9.36. The Morgan fingerprint density at radius 3 is 2.88 bits per heavy atom. The van der Waals surface area contributed by atoms with E-state index >= 15 is 0 Å². The highest BCUT2D eigenvalue weighted by atomic mass is 16.2. The summed E-state index contributed by atoms with van der Waals surface area (Å²) in [7, 11) is 0. The predicted molar refractivity (Wildman–Crippen MR) is 103 cm³/mol. The summed E-state index contributed by atoms with van der Waals surface area (Å²) in [5, 5.41) is 1.08. The van der Waals surface area contributed by atoms with Crippen LogP contribution in [-0.4, -0.2) is 38.4 Å². The van der Waals surface area contributed by atoms with Crippen molar-refractivity contribution >= 4 is 16.9 Å². The van der Waals surface area contributed by atoms with E-state index in [4.69, 9.17) is 0 Å². The molecule has 0 aromatic carbocycles. The summed E-state index contributed by atoms with van der Waals surface area (Å²) >= 11 is 0. The molecule has 0 saturated carbocycles. The molecule has 1 saturated heterocycles. The van der Waals surface area contributed by atoms with Crippen LogP contribution in [0.25, 0.3) is 22.4 Å². The number of aromatic nitrogens is 3. The van der Waals surface area contributed by atoms with Gasteiger partial charge in [-0.15, -0.1) is 0 Å². The van der Waals surface area contributed by atoms with Crippen molar-refractivity contribution < 1.29 is 4.79 Å². The maximum absolute atomic E-state index is 12.7. The van der Waals surface area contributed by atoms with Crippen LogP contribution in [0.3, 0.4) is 0 Å². The molecule has 0 radical (unpaired) electrons. The summed E-state index contributed by atoms with van der Waals surface area (Å²) in [5.74, 6) is 0.840. The molecule has 1 fully saturated rings. The number of piperidine rings is 1. The van der Waals surface area contributed by atoms with Gasteiger partial charge in [-0.2, -0.15) is 0 Å². The van der Waals surface area contributed by atoms with Crippen LogP contribution in [0.1, 0.15) is 26.2 Å². The number of hydrogen-bond donors (Lipinski definition) is 0. The number of fused-ring (bicyclic) bond motifs is 1. The number of pyridine rings is 2. The van der Waals surface area contributed by atoms with E-state index in [1.165, 1.54) is 6.42 Å². The van der Waals surface area contributed by atoms with Crippen LogP contribution in [0.2, 0.25) is 0 Å². The van der Waals surface area contributed by atoms with E-state index in [-0.39, 0.29) is 5.91 Å². The third kappa shape index (κ3) is 3.34. The van der Waals surface area contributed by atoms with Crippen LogP contribution in [0, 0.1) is 5.92 Å². The Balaban J connectivity index is 1.60. The number of carbonyl (C=O) groups excluding carboxylic acids is 1. The minimum Gasteiger partial charge on any atom is -0.342 e. The van der Waals surface area contributed by atoms with Gasteiger partial charge in [-0.05, 0) is 49.1 Å². The van der Waals surface area contributed by atoms with Crippen molar-refractivity contribution in [2.24, 2.45) is 5.92 Å². The van der Waals surface area contributed by atoms with E-state index in [1.807, 2.05) is 29.2 Å². The molecule has 4 heterocycles. The second-order valence-electron chi connectivity index (χ2n) is 7.15. The summed E-state index contributed by atoms with van der Waals surface area (Å²) < 4.78 is 2.13. The monoisotopic (exact) mass is 348 g/mol. The summed E-state index contributed by atoms with van der Waals surface area (Å²) in [4.78, 5) is 23.7. The molecule has 3 aromatic rings. The lowest BCUT2D eigenvalue weighted by Gasteiger charge is -2.31. The van der Waals surface area contributed by atoms with Crippen LogP contribution in [0.5, 0.6) is 0 Å². The number of hydrogen-bond acceptors (Lipinski definition) is 3. The average molecular weight is 348 g/mol. The molecular formula is C21H24N4O. The molecular weight excluding hydrogens is 324 g/mol. The fourth-order valence-corrected chi connectivity index (χ4v) is 3.82. The molecule has 26 heavy (non-hydrogen) atoms. The van der Waals surface area contributed by atoms with Crippen LogP contribution in [0.4, 0.5) is 0 Å². The maximum Gasteiger partial charge on any atom is 0.224 e. The van der Waals surface area contributed by atoms with E-state index in [0.29, 0.717) is 18.9 Å². The van der Waals surface area contributed by atoms with Crippen LogP contribution in [0.15, 0.2) is 48.8 Å². The normalized spacial score (nSPS) is 17.6. The lowest BCUT2D eigenvalue weighted by atomic mass is 10.00. The molecule has 1 atom stereocenters. The minimum absolute atomic E-state index is 0.237. The number of likely N-dealkylation sites (tertiary alicyclic amines) is 1. The molecule has 3 aromatic heterocycles. The van der Waals surface area contributed by atoms with Crippen LogP contribution >= 0.6 is 0 Å². The predicted octanol–water partition coefficient (Wildman–Crippen LogP) is 3.75. The highest BCUT2D eigenvalue weighted by Gasteiger charge is 2.21. The maximum atomic E-state index is 12.7. The number of amides is 1. The van der Waals surface area contributed by atoms with Gasteiger partial charge in [-0.25, -0.2) is 4.98 Å². The lowest BCUT2D eigenvalue weighted by Crippen LogP contribution is -2.39. The highest BCUT2D eigenvalue weighted by Crippen LogP contribution is 2.26. The molecule has 0 N–H and O–H groups in total. The standard InChI is InChI=1S/C21H24N4O/c1-16-6-5-12-24(15-16)20(26)9-13-25-19(18-8-2-3-10-22-18)14-17-7-4-11-23-21(17)25/h2-4,7-8,10-11,14,16H,5-6,9,12-13,15H2,1H3/t16-/m0/s1. The Labute approximate surface area is 153 Å². The first-order valence-electron chi connectivity index (χ1n) is 9.36. The van der Waals surface area contributed by atoms with Crippen molar-refractivity contribution in [2.45, 2.75) is 32.7 Å². The molecule has 1 aliphatic rings. The largest absolute Gasteiger partial charge is 0.342 e. The third-order valence-corrected chi connectivity index (χ3v) is 5.14. The second kappa shape index (κ2) is 7.28. The average Bonchev–Trinajstić information content (AvgIpc) is 3.05. The van der Waals surface area contributed by atoms with Gasteiger partial charge >= 0.3 is 0 Å². The van der Waals surface area contributed by atoms with E-state index < -0.39 is 0 Å². The summed E-state index contributed by atoms with van der Waals surface area (Å²) in [6, 6.07) is 12.0. The molecule has 0 aliphatic carbocycles. The molecule has 5 heteroatoms. The Bertz CT molecular complexity index is 903. The zero-order valence-electron chi connectivity index (χ0n) is 15.1. The van der Waals surface area contributed by atoms with Gasteiger partial charge in [-0.3, -0.25) is 9.78 Å². The summed E-state index contributed by atoms with van der Waals surface area (Å²) in [5.41, 5.74) is 2.83. The second-order valence-corrected chi connectivity index (χ2v) is 7.15. The van der Waals surface area contributed by atoms with Crippen molar-refractivity contribution in [2.75, 3.05) is 13.1 Å². The van der Waals surface area contributed by atoms with Crippen molar-refractivity contribution in [3.05, 3.63) is 48.8 Å². The van der Waals surface area contributed by atoms with Gasteiger partial charge < -0.3 is 9.47 Å². The van der Waals surface area contributed by atoms with Crippen LogP contribution in [-0.2, 0) is 11.3 Å². The van der Waals surface area contributed by atoms with Gasteiger partial charge in [0.05, 0.1) is 11.4 Å². The molecule has 0 bridgehead atoms. The van der Waals surface area contributed by atoms with E-state index in [2.05, 4.69) is 33.6 Å². The van der Waals surface area contributed by atoms with Gasteiger partial charge in [0.2, 0.25) is 5.91 Å². The van der Waals surface area contributed by atoms with E-state index in [9.17, 15) is 4.79 Å². The first-order chi connectivity index (χ1) is 12.7. The van der Waals surface area contributed by atoms with Gasteiger partial charge in [0.15, 0.2) is 0 Å². The minimum atomic E-state index is 0.237. The van der Waals surface area contributed by atoms with Crippen molar-refractivity contribution in [3.63, 3.8) is 0 Å². The number of nitrogens with zero attached hydrogens (tertiary/aromatic N) is 4. The molecule has 0 spiro atoms. The van der Waals surface area contributed by atoms with Crippen molar-refractivity contribution in [1.29, 1.82) is 0 Å². The number of carbonyl (C=O) groups is 1. The smallest absolute Gasteiger partial charge is 0.224 e. The Hall–Kier alpha value is -2.69. The van der Waals surface area contributed by atoms with Gasteiger partial charge in [0.1, 0.15) is 5.65 Å². The Kier molecular flexibility index (Phi) is 4.69. The Morgan fingerprint density at radius 2 is 2.08 bits per heavy atom. The SMILES string of the molecule is C[C@H]1CCCN(C(=O)CCn2c(-c3ccccn3)cc3cccnc32)C1. The van der Waals surface area contributed by atoms with Crippen molar-refractivity contribution in [3.8, 4) is 11.4 Å². The zero-order valence-corrected chi connectivity index (χ0v) is 15.1. The summed E-state index contributed by atoms with van der Waals surface area (Å²) in [6.45, 7) is 4.62. The summed E-state index contributed by atoms with van der Waals surface area (Å²) in [6.07, 6.45) is 6.42. The third-order valence-electron chi connectivity index (χ3n) is 5.14. The quantitative estimate of drug-likeness (QED) is 0.721. The fraction of sp³-hybridized carbons (Fsp3) is 0.381. The fourth-order valence-electron chi connectivity index (χ4n) is 3.82. The number of rotatable bonds is 4. The van der Waals surface area contributed by atoms with E-state index in [1.54, 1.807) is 12.4 Å². The highest BCUT2D eigenvalue weighted by molar-refractivity contribution is 5.84. The number of aryl methyl sites for hydroxylation is 1. The first kappa shape index (κ1) is 16.8. The van der Waals surface area contributed by atoms with Gasteiger partial charge in [0.25, 0.3) is 0 Å². The molecule has 1 amide bonds. The molecule has 4 rings (SSSR count). The van der Waals surface area contributed by atoms with Gasteiger partial charge in [-0.1, -0.05) is 13.0 Å². The Morgan fingerprint density at radius 1 is 1.19 bits per heavy atom. The van der Waals surface area contributed by atoms with E-state index in [0.717, 1.165) is 41.9 Å². The molecule has 0 unspecified atom stereocenters. The van der Waals surface area contributed by atoms with Gasteiger partial charge in [0, 0.05) is 43.8 Å². The van der Waals surface area contributed by atoms with Crippen LogP contribution < -0.4 is 0 Å². The topological polar surface area (TPSA) is 51.0 Å².